The van der Waals surface area contributed by atoms with Gasteiger partial charge in [-0.15, -0.1) is 0 Å². The topological polar surface area (TPSA) is 123 Å². The van der Waals surface area contributed by atoms with Crippen molar-refractivity contribution in [2.75, 3.05) is 11.5 Å². The van der Waals surface area contributed by atoms with Crippen LogP contribution in [0.5, 0.6) is 5.75 Å². The maximum absolute atomic E-state index is 12.7. The highest BCUT2D eigenvalue weighted by molar-refractivity contribution is 7.89. The molecule has 2 aromatic carbocycles. The summed E-state index contributed by atoms with van der Waals surface area (Å²) in [6.45, 7) is 2.78. The number of primary sulfonamides is 1. The predicted octanol–water partition coefficient (Wildman–Crippen LogP) is 0.128. The molecule has 0 aliphatic carbocycles. The Balaban J connectivity index is 1.67. The lowest BCUT2D eigenvalue weighted by Gasteiger charge is -2.15. The molecular formula is C19H22N3O5S+. The van der Waals surface area contributed by atoms with E-state index in [4.69, 9.17) is 9.88 Å². The first kappa shape index (κ1) is 20.0. The minimum atomic E-state index is -3.74. The van der Waals surface area contributed by atoms with Gasteiger partial charge < -0.3 is 10.1 Å². The Morgan fingerprint density at radius 1 is 1.18 bits per heavy atom. The fraction of sp³-hybridized carbons (Fsp3) is 0.263. The molecule has 2 amide bonds. The Kier molecular flexibility index (Phi) is 5.78. The summed E-state index contributed by atoms with van der Waals surface area (Å²) in [4.78, 5) is 26.3. The van der Waals surface area contributed by atoms with Gasteiger partial charge in [0.15, 0.2) is 6.04 Å². The summed E-state index contributed by atoms with van der Waals surface area (Å²) in [5.41, 5.74) is 1.32. The van der Waals surface area contributed by atoms with E-state index in [9.17, 15) is 18.0 Å². The van der Waals surface area contributed by atoms with E-state index in [1.54, 1.807) is 41.7 Å². The molecule has 0 aromatic heterocycles. The number of sulfonamides is 1. The summed E-state index contributed by atoms with van der Waals surface area (Å²) in [6.07, 6.45) is 0.104. The molecule has 3 rings (SSSR count). The van der Waals surface area contributed by atoms with Gasteiger partial charge in [-0.3, -0.25) is 9.59 Å². The number of hydrogen-bond donors (Lipinski definition) is 2. The highest BCUT2D eigenvalue weighted by atomic mass is 32.2. The third-order valence-corrected chi connectivity index (χ3v) is 5.39. The van der Waals surface area contributed by atoms with E-state index in [2.05, 4.69) is 0 Å². The Labute approximate surface area is 163 Å². The molecule has 8 nitrogen and oxygen atoms in total. The fourth-order valence-corrected chi connectivity index (χ4v) is 3.60. The van der Waals surface area contributed by atoms with Crippen LogP contribution in [0.4, 0.5) is 5.69 Å². The summed E-state index contributed by atoms with van der Waals surface area (Å²) in [7, 11) is -3.74. The maximum Gasteiger partial charge on any atom is 0.292 e. The lowest BCUT2D eigenvalue weighted by atomic mass is 10.2. The standard InChI is InChI=1S/C19H21N3O5S/c1-2-27-15-5-3-4-14(10-15)22-18(23)11-17(19(22)24)21-12-13-6-8-16(9-7-13)28(20,25)26/h3-10,17,21H,2,11-12H2,1H3,(H2,20,25,26)/p+1. The Bertz CT molecular complexity index is 989. The first-order valence-electron chi connectivity index (χ1n) is 8.84. The van der Waals surface area contributed by atoms with Crippen molar-refractivity contribution in [3.05, 3.63) is 54.1 Å². The molecule has 0 spiro atoms. The van der Waals surface area contributed by atoms with E-state index in [0.717, 1.165) is 5.56 Å². The number of imide groups is 1. The molecule has 9 heteroatoms. The SMILES string of the molecule is CCOc1cccc(N2C(=O)CC([NH2+]Cc3ccc(S(N)(=O)=O)cc3)C2=O)c1. The third-order valence-electron chi connectivity index (χ3n) is 4.46. The van der Waals surface area contributed by atoms with Gasteiger partial charge in [0.1, 0.15) is 12.3 Å². The Hall–Kier alpha value is -2.75. The van der Waals surface area contributed by atoms with Gasteiger partial charge in [0.25, 0.3) is 5.91 Å². The maximum atomic E-state index is 12.7. The van der Waals surface area contributed by atoms with Crippen molar-refractivity contribution in [1.29, 1.82) is 0 Å². The smallest absolute Gasteiger partial charge is 0.292 e. The molecular weight excluding hydrogens is 382 g/mol. The largest absolute Gasteiger partial charge is 0.494 e. The van der Waals surface area contributed by atoms with Crippen LogP contribution in [0.15, 0.2) is 53.4 Å². The molecule has 28 heavy (non-hydrogen) atoms. The van der Waals surface area contributed by atoms with Crippen LogP contribution in [0.25, 0.3) is 0 Å². The van der Waals surface area contributed by atoms with Gasteiger partial charge in [-0.2, -0.15) is 0 Å². The van der Waals surface area contributed by atoms with Crippen molar-refractivity contribution >= 4 is 27.5 Å². The molecule has 2 aromatic rings. The molecule has 1 unspecified atom stereocenters. The fourth-order valence-electron chi connectivity index (χ4n) is 3.08. The quantitative estimate of drug-likeness (QED) is 0.635. The van der Waals surface area contributed by atoms with E-state index < -0.39 is 16.1 Å². The number of quaternary nitrogens is 1. The number of benzene rings is 2. The molecule has 1 saturated heterocycles. The lowest BCUT2D eigenvalue weighted by molar-refractivity contribution is -0.690. The monoisotopic (exact) mass is 404 g/mol. The minimum absolute atomic E-state index is 0.0312. The van der Waals surface area contributed by atoms with Crippen molar-refractivity contribution in [3.63, 3.8) is 0 Å². The number of nitrogens with two attached hydrogens (primary N) is 2. The second-order valence-electron chi connectivity index (χ2n) is 6.44. The van der Waals surface area contributed by atoms with E-state index in [-0.39, 0.29) is 23.1 Å². The average Bonchev–Trinajstić information content (AvgIpc) is 2.93. The second kappa shape index (κ2) is 8.09. The molecule has 1 aliphatic rings. The first-order valence-corrected chi connectivity index (χ1v) is 10.4. The molecule has 0 bridgehead atoms. The van der Waals surface area contributed by atoms with E-state index in [0.29, 0.717) is 24.6 Å². The van der Waals surface area contributed by atoms with Gasteiger partial charge in [0, 0.05) is 11.6 Å². The highest BCUT2D eigenvalue weighted by Gasteiger charge is 2.42. The van der Waals surface area contributed by atoms with Crippen LogP contribution in [-0.4, -0.2) is 32.9 Å². The highest BCUT2D eigenvalue weighted by Crippen LogP contribution is 2.25. The summed E-state index contributed by atoms with van der Waals surface area (Å²) in [5, 5.41) is 6.86. The first-order chi connectivity index (χ1) is 13.3. The zero-order valence-corrected chi connectivity index (χ0v) is 16.2. The number of nitrogens with zero attached hydrogens (tertiary/aromatic N) is 1. The number of anilines is 1. The molecule has 1 atom stereocenters. The predicted molar refractivity (Wildman–Crippen MR) is 102 cm³/mol. The van der Waals surface area contributed by atoms with Crippen molar-refractivity contribution in [1.82, 2.24) is 0 Å². The van der Waals surface area contributed by atoms with E-state index in [1.807, 2.05) is 6.92 Å². The van der Waals surface area contributed by atoms with Gasteiger partial charge in [0.05, 0.1) is 23.6 Å². The third kappa shape index (κ3) is 4.38. The van der Waals surface area contributed by atoms with Crippen LogP contribution in [0.1, 0.15) is 18.9 Å². The number of carbonyl (C=O) groups excluding carboxylic acids is 2. The molecule has 148 valence electrons. The van der Waals surface area contributed by atoms with Crippen LogP contribution in [0.2, 0.25) is 0 Å². The van der Waals surface area contributed by atoms with Gasteiger partial charge >= 0.3 is 0 Å². The number of ether oxygens (including phenoxy) is 1. The van der Waals surface area contributed by atoms with E-state index in [1.165, 1.54) is 17.0 Å². The van der Waals surface area contributed by atoms with Gasteiger partial charge in [0.2, 0.25) is 15.9 Å². The summed E-state index contributed by atoms with van der Waals surface area (Å²) >= 11 is 0. The van der Waals surface area contributed by atoms with Gasteiger partial charge in [-0.25, -0.2) is 18.5 Å². The van der Waals surface area contributed by atoms with Crippen LogP contribution >= 0.6 is 0 Å². The van der Waals surface area contributed by atoms with Crippen LogP contribution < -0.4 is 20.1 Å². The van der Waals surface area contributed by atoms with Crippen molar-refractivity contribution in [2.24, 2.45) is 5.14 Å². The van der Waals surface area contributed by atoms with Gasteiger partial charge in [-0.05, 0) is 31.2 Å². The lowest BCUT2D eigenvalue weighted by Crippen LogP contribution is -2.90. The van der Waals surface area contributed by atoms with Crippen molar-refractivity contribution < 1.29 is 28.1 Å². The van der Waals surface area contributed by atoms with Crippen molar-refractivity contribution in [2.45, 2.75) is 30.8 Å². The summed E-state index contributed by atoms with van der Waals surface area (Å²) in [6, 6.07) is 12.5. The molecule has 1 fully saturated rings. The minimum Gasteiger partial charge on any atom is -0.494 e. The molecule has 1 aliphatic heterocycles. The Morgan fingerprint density at radius 3 is 2.54 bits per heavy atom. The number of hydrogen-bond acceptors (Lipinski definition) is 5. The van der Waals surface area contributed by atoms with Crippen LogP contribution in [0.3, 0.4) is 0 Å². The van der Waals surface area contributed by atoms with Crippen molar-refractivity contribution in [3.8, 4) is 5.75 Å². The van der Waals surface area contributed by atoms with E-state index >= 15 is 0 Å². The number of carbonyl (C=O) groups is 2. The zero-order chi connectivity index (χ0) is 20.3. The average molecular weight is 404 g/mol. The summed E-state index contributed by atoms with van der Waals surface area (Å²) in [5.74, 6) is 0.0623. The number of amides is 2. The molecule has 0 radical (unpaired) electrons. The molecule has 1 heterocycles. The number of rotatable bonds is 7. The second-order valence-corrected chi connectivity index (χ2v) is 8.00. The molecule has 0 saturated carbocycles. The van der Waals surface area contributed by atoms with Gasteiger partial charge in [-0.1, -0.05) is 18.2 Å². The molecule has 4 N–H and O–H groups in total. The van der Waals surface area contributed by atoms with Crippen LogP contribution in [-0.2, 0) is 26.2 Å². The Morgan fingerprint density at radius 2 is 1.89 bits per heavy atom. The normalized spacial score (nSPS) is 17.2. The zero-order valence-electron chi connectivity index (χ0n) is 15.4. The van der Waals surface area contributed by atoms with Crippen LogP contribution in [0, 0.1) is 0 Å². The summed E-state index contributed by atoms with van der Waals surface area (Å²) < 4.78 is 28.0.